The molecule has 0 N–H and O–H groups in total. The van der Waals surface area contributed by atoms with Gasteiger partial charge in [-0.25, -0.2) is 14.2 Å². The molecule has 0 spiro atoms. The summed E-state index contributed by atoms with van der Waals surface area (Å²) in [7, 11) is 1.55. The Labute approximate surface area is 179 Å². The van der Waals surface area contributed by atoms with Gasteiger partial charge in [-0.2, -0.15) is 0 Å². The molecule has 0 radical (unpaired) electrons. The number of hydrogen-bond donors (Lipinski definition) is 0. The van der Waals surface area contributed by atoms with Crippen LogP contribution in [0, 0.1) is 12.7 Å². The van der Waals surface area contributed by atoms with E-state index in [-0.39, 0.29) is 11.6 Å². The van der Waals surface area contributed by atoms with Gasteiger partial charge in [0, 0.05) is 5.56 Å². The summed E-state index contributed by atoms with van der Waals surface area (Å²) in [6, 6.07) is 19.1. The molecule has 0 unspecified atom stereocenters. The number of ether oxygens (including phenoxy) is 3. The van der Waals surface area contributed by atoms with Crippen molar-refractivity contribution in [2.75, 3.05) is 7.11 Å². The highest BCUT2D eigenvalue weighted by Crippen LogP contribution is 2.30. The van der Waals surface area contributed by atoms with E-state index >= 15 is 0 Å². The molecular formula is C25H20FNO4. The summed E-state index contributed by atoms with van der Waals surface area (Å²) < 4.78 is 30.0. The van der Waals surface area contributed by atoms with E-state index in [0.717, 1.165) is 11.1 Å². The number of carbonyl (C=O) groups is 1. The van der Waals surface area contributed by atoms with E-state index in [0.29, 0.717) is 29.2 Å². The maximum absolute atomic E-state index is 13.4. The lowest BCUT2D eigenvalue weighted by Gasteiger charge is -2.12. The maximum atomic E-state index is 13.4. The SMILES string of the molecule is COc1cc(/C=C2/N=C(c3cccc(F)c3)OC2=O)ccc1OCc1ccccc1C. The molecule has 1 aliphatic rings. The number of benzene rings is 3. The van der Waals surface area contributed by atoms with Crippen LogP contribution in [0.2, 0.25) is 0 Å². The Morgan fingerprint density at radius 3 is 2.65 bits per heavy atom. The van der Waals surface area contributed by atoms with Crippen molar-refractivity contribution in [1.82, 2.24) is 0 Å². The zero-order chi connectivity index (χ0) is 21.8. The second kappa shape index (κ2) is 8.83. The summed E-state index contributed by atoms with van der Waals surface area (Å²) in [6.45, 7) is 2.45. The molecule has 0 aromatic heterocycles. The van der Waals surface area contributed by atoms with Crippen molar-refractivity contribution in [3.8, 4) is 11.5 Å². The molecule has 0 saturated carbocycles. The molecule has 4 rings (SSSR count). The molecule has 0 fully saturated rings. The number of aliphatic imine (C=N–C) groups is 1. The number of hydrogen-bond acceptors (Lipinski definition) is 5. The normalized spacial score (nSPS) is 14.4. The van der Waals surface area contributed by atoms with Crippen molar-refractivity contribution in [1.29, 1.82) is 0 Å². The summed E-state index contributed by atoms with van der Waals surface area (Å²) in [5.41, 5.74) is 3.44. The summed E-state index contributed by atoms with van der Waals surface area (Å²) >= 11 is 0. The lowest BCUT2D eigenvalue weighted by Crippen LogP contribution is -2.05. The molecule has 0 amide bonds. The van der Waals surface area contributed by atoms with Crippen LogP contribution >= 0.6 is 0 Å². The first-order valence-corrected chi connectivity index (χ1v) is 9.67. The summed E-state index contributed by atoms with van der Waals surface area (Å²) in [5, 5.41) is 0. The van der Waals surface area contributed by atoms with E-state index in [9.17, 15) is 9.18 Å². The van der Waals surface area contributed by atoms with Gasteiger partial charge in [0.05, 0.1) is 7.11 Å². The van der Waals surface area contributed by atoms with E-state index in [2.05, 4.69) is 4.99 Å². The highest BCUT2D eigenvalue weighted by atomic mass is 19.1. The van der Waals surface area contributed by atoms with Crippen LogP contribution in [-0.2, 0) is 16.1 Å². The quantitative estimate of drug-likeness (QED) is 0.415. The third kappa shape index (κ3) is 4.64. The maximum Gasteiger partial charge on any atom is 0.363 e. The lowest BCUT2D eigenvalue weighted by molar-refractivity contribution is -0.129. The molecule has 0 saturated heterocycles. The van der Waals surface area contributed by atoms with E-state index in [1.807, 2.05) is 31.2 Å². The standard InChI is InChI=1S/C25H20FNO4/c1-16-6-3-4-7-19(16)15-30-22-11-10-17(13-23(22)29-2)12-21-25(28)31-24(27-21)18-8-5-9-20(26)14-18/h3-14H,15H2,1-2H3/b21-12+. The van der Waals surface area contributed by atoms with Gasteiger partial charge in [-0.05, 0) is 60.0 Å². The predicted octanol–water partition coefficient (Wildman–Crippen LogP) is 5.07. The third-order valence-corrected chi connectivity index (χ3v) is 4.83. The third-order valence-electron chi connectivity index (χ3n) is 4.83. The number of methoxy groups -OCH3 is 1. The van der Waals surface area contributed by atoms with Crippen molar-refractivity contribution in [3.05, 3.63) is 100 Å². The predicted molar refractivity (Wildman–Crippen MR) is 116 cm³/mol. The first-order chi connectivity index (χ1) is 15.0. The van der Waals surface area contributed by atoms with Crippen LogP contribution in [0.25, 0.3) is 6.08 Å². The van der Waals surface area contributed by atoms with E-state index in [1.54, 1.807) is 37.5 Å². The first-order valence-electron chi connectivity index (χ1n) is 9.67. The molecule has 0 aliphatic carbocycles. The Hall–Kier alpha value is -3.93. The Morgan fingerprint density at radius 2 is 1.87 bits per heavy atom. The van der Waals surface area contributed by atoms with E-state index in [4.69, 9.17) is 14.2 Å². The van der Waals surface area contributed by atoms with Gasteiger partial charge in [0.25, 0.3) is 0 Å². The molecule has 1 aliphatic heterocycles. The first kappa shape index (κ1) is 20.3. The number of aryl methyl sites for hydroxylation is 1. The van der Waals surface area contributed by atoms with Crippen LogP contribution in [0.1, 0.15) is 22.3 Å². The van der Waals surface area contributed by atoms with Crippen LogP contribution < -0.4 is 9.47 Å². The topological polar surface area (TPSA) is 57.1 Å². The van der Waals surface area contributed by atoms with Crippen molar-refractivity contribution >= 4 is 17.9 Å². The van der Waals surface area contributed by atoms with Crippen molar-refractivity contribution in [2.45, 2.75) is 13.5 Å². The monoisotopic (exact) mass is 417 g/mol. The molecule has 3 aromatic carbocycles. The Kier molecular flexibility index (Phi) is 5.80. The lowest BCUT2D eigenvalue weighted by atomic mass is 10.1. The average Bonchev–Trinajstić information content (AvgIpc) is 3.14. The number of rotatable bonds is 6. The van der Waals surface area contributed by atoms with Gasteiger partial charge in [-0.1, -0.05) is 36.4 Å². The number of halogens is 1. The molecule has 156 valence electrons. The molecule has 31 heavy (non-hydrogen) atoms. The average molecular weight is 417 g/mol. The van der Waals surface area contributed by atoms with Crippen molar-refractivity contribution in [3.63, 3.8) is 0 Å². The summed E-state index contributed by atoms with van der Waals surface area (Å²) in [5.74, 6) is 0.160. The number of nitrogens with zero attached hydrogens (tertiary/aromatic N) is 1. The van der Waals surface area contributed by atoms with Crippen LogP contribution in [-0.4, -0.2) is 19.0 Å². The second-order valence-electron chi connectivity index (χ2n) is 6.97. The summed E-state index contributed by atoms with van der Waals surface area (Å²) in [4.78, 5) is 16.4. The van der Waals surface area contributed by atoms with Gasteiger partial charge in [0.1, 0.15) is 12.4 Å². The van der Waals surface area contributed by atoms with Gasteiger partial charge in [0.15, 0.2) is 17.2 Å². The second-order valence-corrected chi connectivity index (χ2v) is 6.97. The smallest absolute Gasteiger partial charge is 0.363 e. The van der Waals surface area contributed by atoms with E-state index in [1.165, 1.54) is 18.2 Å². The van der Waals surface area contributed by atoms with Gasteiger partial charge in [0.2, 0.25) is 5.90 Å². The molecule has 0 atom stereocenters. The fraction of sp³-hybridized carbons (Fsp3) is 0.120. The van der Waals surface area contributed by atoms with Gasteiger partial charge < -0.3 is 14.2 Å². The van der Waals surface area contributed by atoms with Gasteiger partial charge >= 0.3 is 5.97 Å². The number of cyclic esters (lactones) is 1. The highest BCUT2D eigenvalue weighted by Gasteiger charge is 2.24. The minimum Gasteiger partial charge on any atom is -0.493 e. The Morgan fingerprint density at radius 1 is 1.03 bits per heavy atom. The van der Waals surface area contributed by atoms with Gasteiger partial charge in [-0.15, -0.1) is 0 Å². The Balaban J connectivity index is 1.55. The van der Waals surface area contributed by atoms with Crippen LogP contribution in [0.3, 0.4) is 0 Å². The minimum atomic E-state index is -0.599. The highest BCUT2D eigenvalue weighted by molar-refractivity contribution is 6.12. The molecule has 3 aromatic rings. The van der Waals surface area contributed by atoms with Crippen LogP contribution in [0.5, 0.6) is 11.5 Å². The number of carbonyl (C=O) groups excluding carboxylic acids is 1. The molecule has 1 heterocycles. The summed E-state index contributed by atoms with van der Waals surface area (Å²) in [6.07, 6.45) is 1.59. The van der Waals surface area contributed by atoms with Crippen molar-refractivity contribution in [2.24, 2.45) is 4.99 Å². The van der Waals surface area contributed by atoms with Crippen LogP contribution in [0.4, 0.5) is 4.39 Å². The van der Waals surface area contributed by atoms with Crippen molar-refractivity contribution < 1.29 is 23.4 Å². The molecular weight excluding hydrogens is 397 g/mol. The molecule has 0 bridgehead atoms. The fourth-order valence-corrected chi connectivity index (χ4v) is 3.13. The fourth-order valence-electron chi connectivity index (χ4n) is 3.13. The van der Waals surface area contributed by atoms with Crippen LogP contribution in [0.15, 0.2) is 77.4 Å². The largest absolute Gasteiger partial charge is 0.493 e. The number of esters is 1. The zero-order valence-electron chi connectivity index (χ0n) is 17.1. The minimum absolute atomic E-state index is 0.0703. The van der Waals surface area contributed by atoms with E-state index < -0.39 is 11.8 Å². The van der Waals surface area contributed by atoms with Gasteiger partial charge in [-0.3, -0.25) is 0 Å². The molecule has 5 nitrogen and oxygen atoms in total. The molecule has 6 heteroatoms. The zero-order valence-corrected chi connectivity index (χ0v) is 17.1. The Bertz CT molecular complexity index is 1200.